The molecule has 5 nitrogen and oxygen atoms in total. The molecule has 1 amide bonds. The number of likely N-dealkylation sites (tertiary alicyclic amines) is 2. The highest BCUT2D eigenvalue weighted by Crippen LogP contribution is 2.38. The molecule has 0 radical (unpaired) electrons. The first-order chi connectivity index (χ1) is 17.7. The van der Waals surface area contributed by atoms with Gasteiger partial charge in [0.05, 0.1) is 0 Å². The molecule has 3 fully saturated rings. The van der Waals surface area contributed by atoms with Crippen molar-refractivity contribution in [3.63, 3.8) is 0 Å². The van der Waals surface area contributed by atoms with Gasteiger partial charge in [0.25, 0.3) is 0 Å². The lowest BCUT2D eigenvalue weighted by Gasteiger charge is -2.35. The van der Waals surface area contributed by atoms with Crippen LogP contribution in [0.15, 0.2) is 47.4 Å². The molecule has 3 heterocycles. The molecule has 37 heavy (non-hydrogen) atoms. The van der Waals surface area contributed by atoms with Crippen molar-refractivity contribution in [2.75, 3.05) is 50.7 Å². The first kappa shape index (κ1) is 26.9. The van der Waals surface area contributed by atoms with Gasteiger partial charge in [0, 0.05) is 79.9 Å². The number of hydrogen-bond donors (Lipinski definition) is 1. The summed E-state index contributed by atoms with van der Waals surface area (Å²) >= 11 is 5.96. The second kappa shape index (κ2) is 11.6. The van der Waals surface area contributed by atoms with Crippen molar-refractivity contribution < 1.29 is 18.0 Å². The molecule has 10 heteroatoms. The Morgan fingerprint density at radius 3 is 2.46 bits per heavy atom. The zero-order valence-electron chi connectivity index (χ0n) is 20.8. The molecule has 0 bridgehead atoms. The van der Waals surface area contributed by atoms with Gasteiger partial charge < -0.3 is 20.0 Å². The molecule has 0 saturated carbocycles. The van der Waals surface area contributed by atoms with E-state index in [1.54, 1.807) is 12.2 Å². The molecule has 0 spiro atoms. The lowest BCUT2D eigenvalue weighted by Crippen LogP contribution is -2.50. The van der Waals surface area contributed by atoms with Gasteiger partial charge in [0.2, 0.25) is 5.91 Å². The fourth-order valence-electron chi connectivity index (χ4n) is 6.12. The molecule has 202 valence electrons. The quantitative estimate of drug-likeness (QED) is 0.505. The number of nitrogens with one attached hydrogen (secondary N) is 1. The van der Waals surface area contributed by atoms with Crippen molar-refractivity contribution in [1.29, 1.82) is 0 Å². The summed E-state index contributed by atoms with van der Waals surface area (Å²) in [4.78, 5) is 20.1. The number of allylic oxidation sites excluding steroid dienone is 1. The van der Waals surface area contributed by atoms with Gasteiger partial charge in [-0.05, 0) is 67.1 Å². The predicted molar refractivity (Wildman–Crippen MR) is 144 cm³/mol. The Hall–Kier alpha value is -1.68. The maximum atomic E-state index is 13.0. The van der Waals surface area contributed by atoms with E-state index in [4.69, 9.17) is 11.6 Å². The highest BCUT2D eigenvalue weighted by molar-refractivity contribution is 8.04. The van der Waals surface area contributed by atoms with Crippen molar-refractivity contribution in [3.05, 3.63) is 52.4 Å². The SMILES string of the molecule is O=C(CCN1CC2CN(c3ccc(Cl)cc3)CC2C1)N1CCCC(NC2C=CC(SC(F)(F)F)=CC2)C1. The summed E-state index contributed by atoms with van der Waals surface area (Å²) in [5.74, 6) is 1.48. The smallest absolute Gasteiger partial charge is 0.371 e. The summed E-state index contributed by atoms with van der Waals surface area (Å²) in [6.45, 7) is 6.44. The first-order valence-electron chi connectivity index (χ1n) is 13.1. The molecule has 4 aliphatic rings. The standard InChI is InChI=1S/C27H34ClF3N4OS/c28-21-3-7-24(8-4-21)35-16-19-14-33(15-20(19)17-35)13-11-26(36)34-12-1-2-23(18-34)32-22-5-9-25(10-6-22)37-27(29,30)31/h3-5,7-10,19-20,22-23,32H,1-2,6,11-18H2. The number of halogens is 4. The van der Waals surface area contributed by atoms with Crippen molar-refractivity contribution in [2.45, 2.75) is 43.3 Å². The lowest BCUT2D eigenvalue weighted by molar-refractivity contribution is -0.132. The van der Waals surface area contributed by atoms with Gasteiger partial charge in [0.15, 0.2) is 0 Å². The number of rotatable bonds is 7. The number of thioether (sulfide) groups is 1. The van der Waals surface area contributed by atoms with Gasteiger partial charge in [-0.1, -0.05) is 29.8 Å². The van der Waals surface area contributed by atoms with E-state index in [2.05, 4.69) is 27.2 Å². The van der Waals surface area contributed by atoms with Crippen LogP contribution in [0.25, 0.3) is 0 Å². The number of carbonyl (C=O) groups excluding carboxylic acids is 1. The van der Waals surface area contributed by atoms with Gasteiger partial charge in [-0.15, -0.1) is 0 Å². The largest absolute Gasteiger partial charge is 0.446 e. The molecular formula is C27H34ClF3N4OS. The maximum Gasteiger partial charge on any atom is 0.446 e. The lowest BCUT2D eigenvalue weighted by atomic mass is 10.0. The second-order valence-electron chi connectivity index (χ2n) is 10.6. The number of amides is 1. The average Bonchev–Trinajstić information content (AvgIpc) is 3.43. The Kier molecular flexibility index (Phi) is 8.43. The summed E-state index contributed by atoms with van der Waals surface area (Å²) < 4.78 is 37.7. The molecule has 3 aliphatic heterocycles. The zero-order chi connectivity index (χ0) is 26.0. The number of piperidine rings is 1. The number of benzene rings is 1. The monoisotopic (exact) mass is 554 g/mol. The first-order valence-corrected chi connectivity index (χ1v) is 14.3. The summed E-state index contributed by atoms with van der Waals surface area (Å²) in [7, 11) is 0. The van der Waals surface area contributed by atoms with E-state index in [1.165, 1.54) is 5.69 Å². The minimum Gasteiger partial charge on any atom is -0.371 e. The number of alkyl halides is 3. The molecular weight excluding hydrogens is 521 g/mol. The molecule has 4 unspecified atom stereocenters. The normalized spacial score (nSPS) is 28.5. The van der Waals surface area contributed by atoms with E-state index in [0.29, 0.717) is 31.2 Å². The van der Waals surface area contributed by atoms with Crippen LogP contribution >= 0.6 is 23.4 Å². The van der Waals surface area contributed by atoms with Crippen LogP contribution in [0.4, 0.5) is 18.9 Å². The molecule has 1 aliphatic carbocycles. The van der Waals surface area contributed by atoms with Crippen LogP contribution in [-0.4, -0.2) is 79.1 Å². The average molecular weight is 555 g/mol. The molecule has 0 aromatic heterocycles. The Morgan fingerprint density at radius 2 is 1.81 bits per heavy atom. The molecule has 1 aromatic carbocycles. The zero-order valence-corrected chi connectivity index (χ0v) is 22.4. The Bertz CT molecular complexity index is 1000. The van der Waals surface area contributed by atoms with Crippen molar-refractivity contribution >= 4 is 35.0 Å². The summed E-state index contributed by atoms with van der Waals surface area (Å²) in [6, 6.07) is 8.25. The van der Waals surface area contributed by atoms with Crippen LogP contribution in [0.2, 0.25) is 5.02 Å². The van der Waals surface area contributed by atoms with E-state index in [0.717, 1.165) is 57.1 Å². The number of fused-ring (bicyclic) bond motifs is 1. The van der Waals surface area contributed by atoms with Crippen molar-refractivity contribution in [3.8, 4) is 0 Å². The van der Waals surface area contributed by atoms with E-state index < -0.39 is 5.51 Å². The third-order valence-electron chi connectivity index (χ3n) is 7.92. The fraction of sp³-hybridized carbons (Fsp3) is 0.593. The number of nitrogens with zero attached hydrogens (tertiary/aromatic N) is 3. The third kappa shape index (κ3) is 7.25. The summed E-state index contributed by atoms with van der Waals surface area (Å²) in [5, 5.41) is 4.29. The van der Waals surface area contributed by atoms with Crippen molar-refractivity contribution in [1.82, 2.24) is 15.1 Å². The van der Waals surface area contributed by atoms with E-state index in [-0.39, 0.29) is 34.7 Å². The van der Waals surface area contributed by atoms with Crippen LogP contribution < -0.4 is 10.2 Å². The summed E-state index contributed by atoms with van der Waals surface area (Å²) in [5.41, 5.74) is -3.03. The van der Waals surface area contributed by atoms with Gasteiger partial charge in [-0.2, -0.15) is 13.2 Å². The van der Waals surface area contributed by atoms with Crippen LogP contribution in [-0.2, 0) is 4.79 Å². The van der Waals surface area contributed by atoms with Gasteiger partial charge in [-0.3, -0.25) is 4.79 Å². The molecule has 3 saturated heterocycles. The summed E-state index contributed by atoms with van der Waals surface area (Å²) in [6.07, 6.45) is 7.99. The predicted octanol–water partition coefficient (Wildman–Crippen LogP) is 5.14. The third-order valence-corrected chi connectivity index (χ3v) is 8.94. The highest BCUT2D eigenvalue weighted by atomic mass is 35.5. The highest BCUT2D eigenvalue weighted by Gasteiger charge is 2.40. The Morgan fingerprint density at radius 1 is 1.08 bits per heavy atom. The maximum absolute atomic E-state index is 13.0. The molecule has 1 N–H and O–H groups in total. The van der Waals surface area contributed by atoms with Gasteiger partial charge >= 0.3 is 5.51 Å². The number of hydrogen-bond acceptors (Lipinski definition) is 5. The van der Waals surface area contributed by atoms with Crippen LogP contribution in [0.1, 0.15) is 25.7 Å². The Balaban J connectivity index is 1.02. The number of anilines is 1. The molecule has 4 atom stereocenters. The van der Waals surface area contributed by atoms with E-state index in [1.807, 2.05) is 23.1 Å². The minimum atomic E-state index is -4.26. The van der Waals surface area contributed by atoms with Crippen LogP contribution in [0.5, 0.6) is 0 Å². The minimum absolute atomic E-state index is 0.00841. The van der Waals surface area contributed by atoms with Gasteiger partial charge in [-0.25, -0.2) is 0 Å². The fourth-order valence-corrected chi connectivity index (χ4v) is 6.84. The van der Waals surface area contributed by atoms with Gasteiger partial charge in [0.1, 0.15) is 0 Å². The van der Waals surface area contributed by atoms with Crippen molar-refractivity contribution in [2.24, 2.45) is 11.8 Å². The van der Waals surface area contributed by atoms with Crippen LogP contribution in [0.3, 0.4) is 0 Å². The Labute approximate surface area is 226 Å². The van der Waals surface area contributed by atoms with Crippen LogP contribution in [0, 0.1) is 11.8 Å². The van der Waals surface area contributed by atoms with E-state index >= 15 is 0 Å². The number of carbonyl (C=O) groups is 1. The molecule has 1 aromatic rings. The van der Waals surface area contributed by atoms with E-state index in [9.17, 15) is 18.0 Å². The molecule has 5 rings (SSSR count). The topological polar surface area (TPSA) is 38.8 Å². The second-order valence-corrected chi connectivity index (χ2v) is 12.2.